The van der Waals surface area contributed by atoms with Crippen molar-refractivity contribution in [2.45, 2.75) is 124 Å². The van der Waals surface area contributed by atoms with Gasteiger partial charge in [-0.2, -0.15) is 0 Å². The molecule has 0 spiro atoms. The van der Waals surface area contributed by atoms with Crippen molar-refractivity contribution >= 4 is 5.91 Å². The third-order valence-corrected chi connectivity index (χ3v) is 5.33. The minimum absolute atomic E-state index is 0.211. The van der Waals surface area contributed by atoms with Crippen molar-refractivity contribution in [2.24, 2.45) is 11.7 Å². The summed E-state index contributed by atoms with van der Waals surface area (Å²) in [6.45, 7) is 8.66. The molecule has 0 rings (SSSR count). The largest absolute Gasteiger partial charge is 0.366 e. The lowest BCUT2D eigenvalue weighted by Gasteiger charge is -2.16. The van der Waals surface area contributed by atoms with Gasteiger partial charge in [-0.1, -0.05) is 110 Å². The number of allylic oxidation sites excluding steroid dienone is 1. The molecule has 2 heteroatoms. The highest BCUT2D eigenvalue weighted by molar-refractivity contribution is 5.93. The van der Waals surface area contributed by atoms with Gasteiger partial charge in [0.05, 0.1) is 0 Å². The summed E-state index contributed by atoms with van der Waals surface area (Å²) in [6, 6.07) is 0. The average molecular weight is 352 g/mol. The van der Waals surface area contributed by atoms with Crippen LogP contribution in [-0.2, 0) is 4.79 Å². The lowest BCUT2D eigenvalue weighted by Crippen LogP contribution is -2.21. The summed E-state index contributed by atoms with van der Waals surface area (Å²) >= 11 is 0. The summed E-state index contributed by atoms with van der Waals surface area (Å²) in [4.78, 5) is 11.7. The molecule has 0 aliphatic heterocycles. The van der Waals surface area contributed by atoms with Crippen LogP contribution in [0.25, 0.3) is 0 Å². The van der Waals surface area contributed by atoms with E-state index in [2.05, 4.69) is 27.7 Å². The monoisotopic (exact) mass is 351 g/mol. The van der Waals surface area contributed by atoms with Gasteiger partial charge in [0.15, 0.2) is 0 Å². The fraction of sp³-hybridized carbons (Fsp3) is 0.870. The van der Waals surface area contributed by atoms with Crippen LogP contribution in [0, 0.1) is 5.92 Å². The Labute approximate surface area is 158 Å². The molecule has 0 bridgehead atoms. The van der Waals surface area contributed by atoms with Gasteiger partial charge in [0.2, 0.25) is 5.91 Å². The second kappa shape index (κ2) is 16.7. The molecule has 0 aromatic carbocycles. The van der Waals surface area contributed by atoms with Gasteiger partial charge in [-0.3, -0.25) is 4.79 Å². The number of hydrogen-bond acceptors (Lipinski definition) is 1. The predicted molar refractivity (Wildman–Crippen MR) is 112 cm³/mol. The maximum Gasteiger partial charge on any atom is 0.244 e. The van der Waals surface area contributed by atoms with Gasteiger partial charge in [0, 0.05) is 5.57 Å². The van der Waals surface area contributed by atoms with Crippen LogP contribution in [0.1, 0.15) is 124 Å². The van der Waals surface area contributed by atoms with Crippen LogP contribution >= 0.6 is 0 Å². The van der Waals surface area contributed by atoms with Crippen molar-refractivity contribution in [3.8, 4) is 0 Å². The van der Waals surface area contributed by atoms with Crippen molar-refractivity contribution in [3.05, 3.63) is 11.1 Å². The number of amides is 1. The summed E-state index contributed by atoms with van der Waals surface area (Å²) in [6.07, 6.45) is 19.6. The molecule has 1 unspecified atom stereocenters. The Morgan fingerprint density at radius 1 is 0.760 bits per heavy atom. The number of rotatable bonds is 17. The molecule has 2 nitrogen and oxygen atoms in total. The molecule has 1 atom stereocenters. The van der Waals surface area contributed by atoms with Gasteiger partial charge in [-0.05, 0) is 25.7 Å². The van der Waals surface area contributed by atoms with Gasteiger partial charge in [-0.15, -0.1) is 0 Å². The van der Waals surface area contributed by atoms with Crippen LogP contribution in [-0.4, -0.2) is 5.91 Å². The molecule has 0 aromatic rings. The van der Waals surface area contributed by atoms with E-state index in [1.54, 1.807) is 0 Å². The molecule has 1 amide bonds. The molecule has 0 aliphatic rings. The number of carbonyl (C=O) groups is 1. The van der Waals surface area contributed by atoms with Crippen LogP contribution in [0.4, 0.5) is 0 Å². The fourth-order valence-electron chi connectivity index (χ4n) is 3.82. The normalized spacial score (nSPS) is 13.6. The first-order valence-corrected chi connectivity index (χ1v) is 11.0. The Kier molecular flexibility index (Phi) is 16.1. The molecule has 0 aliphatic carbocycles. The number of hydrogen-bond donors (Lipinski definition) is 1. The lowest BCUT2D eigenvalue weighted by atomic mass is 9.89. The number of unbranched alkanes of at least 4 members (excludes halogenated alkanes) is 11. The van der Waals surface area contributed by atoms with E-state index in [1.807, 2.05) is 0 Å². The first kappa shape index (κ1) is 24.2. The van der Waals surface area contributed by atoms with E-state index in [9.17, 15) is 4.79 Å². The summed E-state index contributed by atoms with van der Waals surface area (Å²) in [5.74, 6) is 0.101. The summed E-state index contributed by atoms with van der Waals surface area (Å²) < 4.78 is 0. The van der Waals surface area contributed by atoms with Crippen LogP contribution in [0.5, 0.6) is 0 Å². The Morgan fingerprint density at radius 2 is 1.20 bits per heavy atom. The van der Waals surface area contributed by atoms with E-state index in [-0.39, 0.29) is 5.91 Å². The molecule has 0 fully saturated rings. The minimum atomic E-state index is -0.211. The molecule has 0 saturated carbocycles. The van der Waals surface area contributed by atoms with E-state index in [1.165, 1.54) is 82.6 Å². The van der Waals surface area contributed by atoms with Gasteiger partial charge in [0.25, 0.3) is 0 Å². The SMILES string of the molecule is CCCCCCCCCCCCCCC(C)C(C(N)=O)=C(C)CCC. The number of nitrogens with two attached hydrogens (primary N) is 1. The van der Waals surface area contributed by atoms with Crippen molar-refractivity contribution in [1.29, 1.82) is 0 Å². The van der Waals surface area contributed by atoms with E-state index in [4.69, 9.17) is 5.73 Å². The summed E-state index contributed by atoms with van der Waals surface area (Å²) in [5, 5.41) is 0. The maximum atomic E-state index is 11.7. The number of primary amides is 1. The zero-order valence-electron chi connectivity index (χ0n) is 17.7. The maximum absolute atomic E-state index is 11.7. The fourth-order valence-corrected chi connectivity index (χ4v) is 3.82. The highest BCUT2D eigenvalue weighted by Gasteiger charge is 2.16. The van der Waals surface area contributed by atoms with Crippen molar-refractivity contribution < 1.29 is 4.79 Å². The quantitative estimate of drug-likeness (QED) is 0.216. The highest BCUT2D eigenvalue weighted by Crippen LogP contribution is 2.24. The summed E-state index contributed by atoms with van der Waals surface area (Å²) in [5.41, 5.74) is 7.70. The van der Waals surface area contributed by atoms with Gasteiger partial charge >= 0.3 is 0 Å². The highest BCUT2D eigenvalue weighted by atomic mass is 16.1. The Balaban J connectivity index is 3.70. The lowest BCUT2D eigenvalue weighted by molar-refractivity contribution is -0.115. The molecule has 148 valence electrons. The van der Waals surface area contributed by atoms with Crippen LogP contribution in [0.3, 0.4) is 0 Å². The summed E-state index contributed by atoms with van der Waals surface area (Å²) in [7, 11) is 0. The van der Waals surface area contributed by atoms with Gasteiger partial charge in [0.1, 0.15) is 0 Å². The topological polar surface area (TPSA) is 43.1 Å². The van der Waals surface area contributed by atoms with Crippen molar-refractivity contribution in [2.75, 3.05) is 0 Å². The van der Waals surface area contributed by atoms with Gasteiger partial charge < -0.3 is 5.73 Å². The minimum Gasteiger partial charge on any atom is -0.366 e. The molecule has 2 N–H and O–H groups in total. The Hall–Kier alpha value is -0.790. The molecule has 0 aromatic heterocycles. The second-order valence-corrected chi connectivity index (χ2v) is 7.89. The molecule has 0 saturated heterocycles. The van der Waals surface area contributed by atoms with E-state index in [0.29, 0.717) is 5.92 Å². The van der Waals surface area contributed by atoms with Crippen LogP contribution in [0.15, 0.2) is 11.1 Å². The molecular formula is C23H45NO. The van der Waals surface area contributed by atoms with E-state index in [0.717, 1.165) is 24.8 Å². The zero-order chi connectivity index (χ0) is 18.9. The Morgan fingerprint density at radius 3 is 1.60 bits per heavy atom. The van der Waals surface area contributed by atoms with Crippen molar-refractivity contribution in [1.82, 2.24) is 0 Å². The molecule has 25 heavy (non-hydrogen) atoms. The first-order valence-electron chi connectivity index (χ1n) is 11.0. The zero-order valence-corrected chi connectivity index (χ0v) is 17.7. The average Bonchev–Trinajstić information content (AvgIpc) is 2.56. The second-order valence-electron chi connectivity index (χ2n) is 7.89. The first-order chi connectivity index (χ1) is 12.0. The third kappa shape index (κ3) is 13.1. The molecule has 0 heterocycles. The van der Waals surface area contributed by atoms with Crippen LogP contribution in [0.2, 0.25) is 0 Å². The third-order valence-electron chi connectivity index (χ3n) is 5.33. The Bertz CT molecular complexity index is 359. The van der Waals surface area contributed by atoms with Crippen molar-refractivity contribution in [3.63, 3.8) is 0 Å². The predicted octanol–water partition coefficient (Wildman–Crippen LogP) is 7.32. The van der Waals surface area contributed by atoms with E-state index < -0.39 is 0 Å². The standard InChI is InChI=1S/C23H45NO/c1-5-7-8-9-10-11-12-13-14-15-16-17-19-21(4)22(23(24)25)20(3)18-6-2/h21H,5-19H2,1-4H3,(H2,24,25). The smallest absolute Gasteiger partial charge is 0.244 e. The van der Waals surface area contributed by atoms with E-state index >= 15 is 0 Å². The van der Waals surface area contributed by atoms with Crippen LogP contribution < -0.4 is 5.73 Å². The van der Waals surface area contributed by atoms with Gasteiger partial charge in [-0.25, -0.2) is 0 Å². The molecule has 0 radical (unpaired) electrons. The molecular weight excluding hydrogens is 306 g/mol. The number of carbonyl (C=O) groups excluding carboxylic acids is 1.